The Balaban J connectivity index is 4.68. The molecule has 0 bridgehead atoms. The van der Waals surface area contributed by atoms with E-state index in [-0.39, 0.29) is 24.7 Å². The number of hydrogen-bond donors (Lipinski definition) is 0. The van der Waals surface area contributed by atoms with Gasteiger partial charge in [0.2, 0.25) is 0 Å². The summed E-state index contributed by atoms with van der Waals surface area (Å²) in [6.45, 7) is 4.75. The molecule has 0 unspecified atom stereocenters. The molecule has 0 aromatic heterocycles. The monoisotopic (exact) mass is 233 g/mol. The van der Waals surface area contributed by atoms with Gasteiger partial charge in [0.1, 0.15) is 0 Å². The van der Waals surface area contributed by atoms with Gasteiger partial charge in [0.15, 0.2) is 0 Å². The van der Waals surface area contributed by atoms with Gasteiger partial charge in [0, 0.05) is 0 Å². The zero-order valence-electron chi connectivity index (χ0n) is 9.52. The van der Waals surface area contributed by atoms with E-state index in [0.717, 1.165) is 0 Å². The Morgan fingerprint density at radius 3 is 1.19 bits per heavy atom. The van der Waals surface area contributed by atoms with Crippen LogP contribution < -0.4 is 0 Å². The van der Waals surface area contributed by atoms with Gasteiger partial charge in [-0.05, 0) is 20.8 Å². The van der Waals surface area contributed by atoms with Gasteiger partial charge < -0.3 is 14.2 Å². The predicted octanol–water partition coefficient (Wildman–Crippen LogP) is 1.76. The molecule has 16 heavy (non-hydrogen) atoms. The summed E-state index contributed by atoms with van der Waals surface area (Å²) in [4.78, 5) is 34.0. The molecule has 0 aliphatic carbocycles. The van der Waals surface area contributed by atoms with Crippen molar-refractivity contribution in [1.29, 1.82) is 0 Å². The third kappa shape index (κ3) is 4.16. The Morgan fingerprint density at radius 2 is 1.00 bits per heavy atom. The quantitative estimate of drug-likeness (QED) is 0.691. The van der Waals surface area contributed by atoms with Gasteiger partial charge in [-0.2, -0.15) is 0 Å². The summed E-state index contributed by atoms with van der Waals surface area (Å²) >= 11 is 0. The molecule has 0 rings (SSSR count). The molecule has 0 spiro atoms. The largest absolute Gasteiger partial charge is 0.449 e. The van der Waals surface area contributed by atoms with Crippen molar-refractivity contribution in [2.45, 2.75) is 20.8 Å². The maximum atomic E-state index is 11.3. The van der Waals surface area contributed by atoms with E-state index in [0.29, 0.717) is 0 Å². The van der Waals surface area contributed by atoms with Gasteiger partial charge >= 0.3 is 18.3 Å². The van der Waals surface area contributed by atoms with Crippen LogP contribution in [-0.4, -0.2) is 43.0 Å². The summed E-state index contributed by atoms with van der Waals surface area (Å²) in [6, 6.07) is 0. The molecule has 0 saturated carbocycles. The molecule has 7 heteroatoms. The molecule has 0 atom stereocenters. The van der Waals surface area contributed by atoms with E-state index in [1.54, 1.807) is 20.8 Å². The van der Waals surface area contributed by atoms with E-state index >= 15 is 0 Å². The normalized spacial score (nSPS) is 9.19. The van der Waals surface area contributed by atoms with Gasteiger partial charge in [-0.1, -0.05) is 0 Å². The van der Waals surface area contributed by atoms with E-state index in [4.69, 9.17) is 0 Å². The highest BCUT2D eigenvalue weighted by Gasteiger charge is 2.32. The van der Waals surface area contributed by atoms with Crippen molar-refractivity contribution in [3.8, 4) is 0 Å². The van der Waals surface area contributed by atoms with Crippen LogP contribution in [0.5, 0.6) is 0 Å². The van der Waals surface area contributed by atoms with Crippen LogP contribution in [0.4, 0.5) is 14.4 Å². The predicted molar refractivity (Wildman–Crippen MR) is 52.9 cm³/mol. The summed E-state index contributed by atoms with van der Waals surface area (Å²) in [6.07, 6.45) is -3.33. The van der Waals surface area contributed by atoms with Crippen LogP contribution in [0.2, 0.25) is 0 Å². The fourth-order valence-electron chi connectivity index (χ4n) is 0.788. The van der Waals surface area contributed by atoms with E-state index in [1.807, 2.05) is 0 Å². The number of amides is 3. The fraction of sp³-hybridized carbons (Fsp3) is 0.667. The Labute approximate surface area is 93.2 Å². The molecule has 0 aromatic carbocycles. The van der Waals surface area contributed by atoms with Crippen molar-refractivity contribution in [3.63, 3.8) is 0 Å². The molecule has 92 valence electrons. The number of carbonyl (C=O) groups is 3. The van der Waals surface area contributed by atoms with E-state index in [2.05, 4.69) is 14.2 Å². The van der Waals surface area contributed by atoms with Crippen LogP contribution in [0.25, 0.3) is 0 Å². The maximum Gasteiger partial charge on any atom is 0.429 e. The van der Waals surface area contributed by atoms with Crippen LogP contribution in [0.15, 0.2) is 0 Å². The van der Waals surface area contributed by atoms with Crippen LogP contribution in [0.3, 0.4) is 0 Å². The molecule has 0 heterocycles. The van der Waals surface area contributed by atoms with Crippen molar-refractivity contribution >= 4 is 18.3 Å². The summed E-state index contributed by atoms with van der Waals surface area (Å²) in [5.41, 5.74) is 0. The molecule has 0 aliphatic heterocycles. The summed E-state index contributed by atoms with van der Waals surface area (Å²) in [5, 5.41) is 0. The maximum absolute atomic E-state index is 11.3. The first kappa shape index (κ1) is 14.2. The first-order chi connectivity index (χ1) is 7.58. The van der Waals surface area contributed by atoms with Crippen LogP contribution in [-0.2, 0) is 14.2 Å². The SMILES string of the molecule is CCOC(=O)N(C(=O)OCC)C(=O)OCC. The minimum atomic E-state index is -1.11. The van der Waals surface area contributed by atoms with Crippen molar-refractivity contribution in [2.75, 3.05) is 19.8 Å². The smallest absolute Gasteiger partial charge is 0.429 e. The fourth-order valence-corrected chi connectivity index (χ4v) is 0.788. The van der Waals surface area contributed by atoms with Crippen LogP contribution >= 0.6 is 0 Å². The topological polar surface area (TPSA) is 82.1 Å². The van der Waals surface area contributed by atoms with Crippen LogP contribution in [0.1, 0.15) is 20.8 Å². The highest BCUT2D eigenvalue weighted by molar-refractivity contribution is 6.03. The van der Waals surface area contributed by atoms with Crippen molar-refractivity contribution in [3.05, 3.63) is 0 Å². The lowest BCUT2D eigenvalue weighted by Crippen LogP contribution is -2.42. The van der Waals surface area contributed by atoms with E-state index in [1.165, 1.54) is 0 Å². The summed E-state index contributed by atoms with van der Waals surface area (Å²) < 4.78 is 13.6. The van der Waals surface area contributed by atoms with E-state index in [9.17, 15) is 14.4 Å². The molecule has 0 aromatic rings. The number of imide groups is 3. The lowest BCUT2D eigenvalue weighted by atomic mass is 10.7. The Bertz CT molecular complexity index is 222. The highest BCUT2D eigenvalue weighted by atomic mass is 16.6. The molecule has 0 radical (unpaired) electrons. The van der Waals surface area contributed by atoms with Gasteiger partial charge in [-0.3, -0.25) is 0 Å². The molecule has 7 nitrogen and oxygen atoms in total. The molecule has 0 saturated heterocycles. The molecule has 0 aliphatic rings. The highest BCUT2D eigenvalue weighted by Crippen LogP contribution is 2.02. The standard InChI is InChI=1S/C9H15NO6/c1-4-14-7(11)10(8(12)15-5-2)9(13)16-6-3/h4-6H2,1-3H3. The minimum absolute atomic E-state index is 0.0359. The number of nitrogens with zero attached hydrogens (tertiary/aromatic N) is 1. The van der Waals surface area contributed by atoms with Crippen molar-refractivity contribution in [2.24, 2.45) is 0 Å². The second-order valence-electron chi connectivity index (χ2n) is 2.43. The molecular formula is C9H15NO6. The Kier molecular flexibility index (Phi) is 6.66. The van der Waals surface area contributed by atoms with Crippen LogP contribution in [0, 0.1) is 0 Å². The second-order valence-corrected chi connectivity index (χ2v) is 2.43. The summed E-state index contributed by atoms with van der Waals surface area (Å²) in [7, 11) is 0. The average molecular weight is 233 g/mol. The third-order valence-electron chi connectivity index (χ3n) is 1.35. The van der Waals surface area contributed by atoms with Gasteiger partial charge in [0.05, 0.1) is 19.8 Å². The second kappa shape index (κ2) is 7.49. The lowest BCUT2D eigenvalue weighted by Gasteiger charge is -2.16. The number of hydrogen-bond acceptors (Lipinski definition) is 6. The third-order valence-corrected chi connectivity index (χ3v) is 1.35. The van der Waals surface area contributed by atoms with Gasteiger partial charge in [0.25, 0.3) is 0 Å². The summed E-state index contributed by atoms with van der Waals surface area (Å²) in [5.74, 6) is 0. The number of ether oxygens (including phenoxy) is 3. The van der Waals surface area contributed by atoms with Crippen molar-refractivity contribution < 1.29 is 28.6 Å². The van der Waals surface area contributed by atoms with E-state index < -0.39 is 18.3 Å². The minimum Gasteiger partial charge on any atom is -0.449 e. The first-order valence-corrected chi connectivity index (χ1v) is 4.88. The number of carbonyl (C=O) groups excluding carboxylic acids is 3. The molecule has 0 N–H and O–H groups in total. The first-order valence-electron chi connectivity index (χ1n) is 4.88. The zero-order chi connectivity index (χ0) is 12.6. The Hall–Kier alpha value is -1.79. The van der Waals surface area contributed by atoms with Crippen molar-refractivity contribution in [1.82, 2.24) is 4.90 Å². The zero-order valence-corrected chi connectivity index (χ0v) is 9.52. The van der Waals surface area contributed by atoms with Gasteiger partial charge in [-0.25, -0.2) is 14.4 Å². The molecule has 3 amide bonds. The van der Waals surface area contributed by atoms with Gasteiger partial charge in [-0.15, -0.1) is 4.90 Å². The average Bonchev–Trinajstić information content (AvgIpc) is 2.19. The number of rotatable bonds is 3. The lowest BCUT2D eigenvalue weighted by molar-refractivity contribution is 0.0667. The molecular weight excluding hydrogens is 218 g/mol. The Morgan fingerprint density at radius 1 is 0.750 bits per heavy atom. The molecule has 0 fully saturated rings.